The Bertz CT molecular complexity index is 470. The molecule has 3 atom stereocenters. The van der Waals surface area contributed by atoms with E-state index in [2.05, 4.69) is 27.1 Å². The molecule has 6 nitrogen and oxygen atoms in total. The molecule has 0 aromatic carbocycles. The molecule has 0 bridgehead atoms. The Morgan fingerprint density at radius 2 is 2.14 bits per heavy atom. The van der Waals surface area contributed by atoms with Gasteiger partial charge >= 0.3 is 6.03 Å². The molecule has 2 amide bonds. The predicted octanol–water partition coefficient (Wildman–Crippen LogP) is 1.92. The summed E-state index contributed by atoms with van der Waals surface area (Å²) in [6.07, 6.45) is 4.59. The van der Waals surface area contributed by atoms with Crippen molar-refractivity contribution in [3.8, 4) is 0 Å². The Labute approximate surface area is 133 Å². The van der Waals surface area contributed by atoms with E-state index in [0.29, 0.717) is 12.5 Å². The number of hydrogen-bond donors (Lipinski definition) is 3. The predicted molar refractivity (Wildman–Crippen MR) is 87.6 cm³/mol. The van der Waals surface area contributed by atoms with Gasteiger partial charge in [-0.15, -0.1) is 0 Å². The number of carbonyl (C=O) groups is 1. The maximum Gasteiger partial charge on any atom is 0.314 e. The van der Waals surface area contributed by atoms with Crippen LogP contribution in [0.15, 0.2) is 12.4 Å². The number of nitrogens with zero attached hydrogens (tertiary/aromatic N) is 2. The zero-order chi connectivity index (χ0) is 16.8. The van der Waals surface area contributed by atoms with Crippen LogP contribution in [0.1, 0.15) is 39.9 Å². The molecule has 0 spiro atoms. The monoisotopic (exact) mass is 310 g/mol. The quantitative estimate of drug-likeness (QED) is 0.686. The van der Waals surface area contributed by atoms with Gasteiger partial charge in [-0.3, -0.25) is 0 Å². The normalized spacial score (nSPS) is 16.6. The summed E-state index contributed by atoms with van der Waals surface area (Å²) >= 11 is 0. The highest BCUT2D eigenvalue weighted by Gasteiger charge is 2.27. The number of amides is 2. The summed E-state index contributed by atoms with van der Waals surface area (Å²) in [5.74, 6) is 1.41. The van der Waals surface area contributed by atoms with Crippen LogP contribution in [-0.4, -0.2) is 39.4 Å². The molecule has 0 aliphatic rings. The highest BCUT2D eigenvalue weighted by molar-refractivity contribution is 5.73. The summed E-state index contributed by atoms with van der Waals surface area (Å²) in [6, 6.07) is -0.238. The fourth-order valence-corrected chi connectivity index (χ4v) is 2.20. The SMILES string of the molecule is CCC(C)C(C)(O)CNC(=O)NCC(C)Cn1ccnc1C. The van der Waals surface area contributed by atoms with Gasteiger partial charge in [0.05, 0.1) is 5.60 Å². The van der Waals surface area contributed by atoms with E-state index in [1.54, 1.807) is 13.1 Å². The number of aromatic nitrogens is 2. The third kappa shape index (κ3) is 5.67. The maximum absolute atomic E-state index is 11.8. The molecule has 1 aromatic heterocycles. The molecule has 6 heteroatoms. The van der Waals surface area contributed by atoms with Gasteiger partial charge in [0.1, 0.15) is 5.82 Å². The highest BCUT2D eigenvalue weighted by atomic mass is 16.3. The number of aryl methyl sites for hydroxylation is 1. The molecular formula is C16H30N4O2. The molecule has 0 aliphatic heterocycles. The zero-order valence-corrected chi connectivity index (χ0v) is 14.4. The fourth-order valence-electron chi connectivity index (χ4n) is 2.20. The van der Waals surface area contributed by atoms with E-state index >= 15 is 0 Å². The molecular weight excluding hydrogens is 280 g/mol. The summed E-state index contributed by atoms with van der Waals surface area (Å²) in [5, 5.41) is 15.9. The van der Waals surface area contributed by atoms with Crippen molar-refractivity contribution in [3.63, 3.8) is 0 Å². The minimum absolute atomic E-state index is 0.135. The second-order valence-corrected chi connectivity index (χ2v) is 6.46. The van der Waals surface area contributed by atoms with Crippen LogP contribution in [0.25, 0.3) is 0 Å². The first-order chi connectivity index (χ1) is 10.3. The number of rotatable bonds is 8. The van der Waals surface area contributed by atoms with Crippen LogP contribution in [0.3, 0.4) is 0 Å². The van der Waals surface area contributed by atoms with Gasteiger partial charge in [-0.25, -0.2) is 9.78 Å². The van der Waals surface area contributed by atoms with Crippen LogP contribution in [-0.2, 0) is 6.54 Å². The van der Waals surface area contributed by atoms with Crippen molar-refractivity contribution in [2.24, 2.45) is 11.8 Å². The van der Waals surface area contributed by atoms with E-state index in [9.17, 15) is 9.90 Å². The number of urea groups is 1. The van der Waals surface area contributed by atoms with E-state index in [0.717, 1.165) is 18.8 Å². The van der Waals surface area contributed by atoms with Gasteiger partial charge in [0.25, 0.3) is 0 Å². The maximum atomic E-state index is 11.8. The topological polar surface area (TPSA) is 79.2 Å². The molecule has 1 rings (SSSR count). The van der Waals surface area contributed by atoms with Gasteiger partial charge in [-0.1, -0.05) is 27.2 Å². The van der Waals surface area contributed by atoms with Gasteiger partial charge in [-0.05, 0) is 25.7 Å². The summed E-state index contributed by atoms with van der Waals surface area (Å²) in [7, 11) is 0. The fraction of sp³-hybridized carbons (Fsp3) is 0.750. The molecule has 126 valence electrons. The molecule has 3 N–H and O–H groups in total. The smallest absolute Gasteiger partial charge is 0.314 e. The van der Waals surface area contributed by atoms with Crippen molar-refractivity contribution in [1.82, 2.24) is 20.2 Å². The minimum Gasteiger partial charge on any atom is -0.388 e. The Balaban J connectivity index is 2.29. The molecule has 1 heterocycles. The van der Waals surface area contributed by atoms with E-state index < -0.39 is 5.60 Å². The average molecular weight is 310 g/mol. The average Bonchev–Trinajstić information content (AvgIpc) is 2.87. The Morgan fingerprint density at radius 3 is 2.68 bits per heavy atom. The van der Waals surface area contributed by atoms with E-state index in [-0.39, 0.29) is 18.5 Å². The number of nitrogens with one attached hydrogen (secondary N) is 2. The van der Waals surface area contributed by atoms with Crippen molar-refractivity contribution in [2.75, 3.05) is 13.1 Å². The lowest BCUT2D eigenvalue weighted by Crippen LogP contribution is -2.48. The van der Waals surface area contributed by atoms with E-state index in [1.807, 2.05) is 27.0 Å². The van der Waals surface area contributed by atoms with Crippen molar-refractivity contribution in [2.45, 2.75) is 53.2 Å². The third-order valence-electron chi connectivity index (χ3n) is 4.32. The summed E-state index contributed by atoms with van der Waals surface area (Å²) in [4.78, 5) is 16.0. The molecule has 3 unspecified atom stereocenters. The van der Waals surface area contributed by atoms with E-state index in [4.69, 9.17) is 0 Å². The van der Waals surface area contributed by atoms with Crippen molar-refractivity contribution in [1.29, 1.82) is 0 Å². The summed E-state index contributed by atoms with van der Waals surface area (Å²) in [5.41, 5.74) is -0.883. The molecule has 22 heavy (non-hydrogen) atoms. The van der Waals surface area contributed by atoms with Crippen LogP contribution in [0.2, 0.25) is 0 Å². The number of hydrogen-bond acceptors (Lipinski definition) is 3. The van der Waals surface area contributed by atoms with Crippen LogP contribution in [0.5, 0.6) is 0 Å². The zero-order valence-electron chi connectivity index (χ0n) is 14.4. The van der Waals surface area contributed by atoms with Gasteiger partial charge < -0.3 is 20.3 Å². The summed E-state index contributed by atoms with van der Waals surface area (Å²) < 4.78 is 2.07. The van der Waals surface area contributed by atoms with Crippen molar-refractivity contribution in [3.05, 3.63) is 18.2 Å². The van der Waals surface area contributed by atoms with Gasteiger partial charge in [-0.2, -0.15) is 0 Å². The lowest BCUT2D eigenvalue weighted by atomic mass is 9.89. The van der Waals surface area contributed by atoms with Crippen molar-refractivity contribution < 1.29 is 9.90 Å². The van der Waals surface area contributed by atoms with Gasteiger partial charge in [0.2, 0.25) is 0 Å². The lowest BCUT2D eigenvalue weighted by Gasteiger charge is -2.29. The Kier molecular flexibility index (Phi) is 6.87. The molecule has 0 radical (unpaired) electrons. The second-order valence-electron chi connectivity index (χ2n) is 6.46. The van der Waals surface area contributed by atoms with Crippen LogP contribution >= 0.6 is 0 Å². The summed E-state index contributed by atoms with van der Waals surface area (Å²) in [6.45, 7) is 11.5. The van der Waals surface area contributed by atoms with Crippen molar-refractivity contribution >= 4 is 6.03 Å². The lowest BCUT2D eigenvalue weighted by molar-refractivity contribution is 0.00789. The first kappa shape index (κ1) is 18.5. The first-order valence-electron chi connectivity index (χ1n) is 7.98. The molecule has 0 aliphatic carbocycles. The van der Waals surface area contributed by atoms with Crippen LogP contribution in [0.4, 0.5) is 4.79 Å². The molecule has 0 saturated carbocycles. The van der Waals surface area contributed by atoms with E-state index in [1.165, 1.54) is 0 Å². The Hall–Kier alpha value is -1.56. The van der Waals surface area contributed by atoms with Gasteiger partial charge in [0, 0.05) is 32.0 Å². The second kappa shape index (κ2) is 8.17. The number of carbonyl (C=O) groups excluding carboxylic acids is 1. The Morgan fingerprint density at radius 1 is 1.45 bits per heavy atom. The number of aliphatic hydroxyl groups is 1. The first-order valence-corrected chi connectivity index (χ1v) is 7.98. The standard InChI is InChI=1S/C16H30N4O2/c1-6-13(3)16(5,22)11-19-15(21)18-9-12(2)10-20-8-7-17-14(20)4/h7-8,12-13,22H,6,9-11H2,1-5H3,(H2,18,19,21). The molecule has 1 aromatic rings. The third-order valence-corrected chi connectivity index (χ3v) is 4.32. The van der Waals surface area contributed by atoms with Crippen LogP contribution < -0.4 is 10.6 Å². The molecule has 0 fully saturated rings. The largest absolute Gasteiger partial charge is 0.388 e. The van der Waals surface area contributed by atoms with Crippen LogP contribution in [0, 0.1) is 18.8 Å². The molecule has 0 saturated heterocycles. The number of imidazole rings is 1. The minimum atomic E-state index is -0.883. The highest BCUT2D eigenvalue weighted by Crippen LogP contribution is 2.18. The van der Waals surface area contributed by atoms with Gasteiger partial charge in [0.15, 0.2) is 0 Å².